The standard InChI is InChI=1S/C18H17F3N2O2/c1-3-25-17(24)16-22-14-12-4-8(2)13(19)7-11(12)9-5-10(6-9)15(14)23(16)18(20)21/h4,7,9-10,18H,3,5-6H2,1-2H3. The van der Waals surface area contributed by atoms with E-state index in [4.69, 9.17) is 4.74 Å². The van der Waals surface area contributed by atoms with Gasteiger partial charge in [0.2, 0.25) is 5.82 Å². The predicted molar refractivity (Wildman–Crippen MR) is 84.3 cm³/mol. The van der Waals surface area contributed by atoms with Crippen molar-refractivity contribution in [2.24, 2.45) is 0 Å². The molecule has 0 aliphatic heterocycles. The van der Waals surface area contributed by atoms with Crippen molar-refractivity contribution in [1.29, 1.82) is 0 Å². The Morgan fingerprint density at radius 3 is 2.72 bits per heavy atom. The lowest BCUT2D eigenvalue weighted by atomic mass is 9.71. The van der Waals surface area contributed by atoms with Crippen LogP contribution in [0, 0.1) is 12.7 Å². The minimum absolute atomic E-state index is 0.0754. The highest BCUT2D eigenvalue weighted by Crippen LogP contribution is 2.56. The van der Waals surface area contributed by atoms with Gasteiger partial charge in [0.05, 0.1) is 18.0 Å². The van der Waals surface area contributed by atoms with Crippen LogP contribution in [-0.2, 0) is 4.74 Å². The summed E-state index contributed by atoms with van der Waals surface area (Å²) >= 11 is 0. The summed E-state index contributed by atoms with van der Waals surface area (Å²) in [4.78, 5) is 16.4. The van der Waals surface area contributed by atoms with E-state index in [-0.39, 0.29) is 30.1 Å². The van der Waals surface area contributed by atoms with Crippen LogP contribution in [-0.4, -0.2) is 22.1 Å². The number of hydrogen-bond acceptors (Lipinski definition) is 3. The van der Waals surface area contributed by atoms with Crippen LogP contribution in [0.5, 0.6) is 0 Å². The first-order valence-electron chi connectivity index (χ1n) is 8.30. The van der Waals surface area contributed by atoms with Gasteiger partial charge < -0.3 is 4.74 Å². The lowest BCUT2D eigenvalue weighted by Crippen LogP contribution is -2.23. The van der Waals surface area contributed by atoms with Crippen molar-refractivity contribution in [1.82, 2.24) is 9.55 Å². The van der Waals surface area contributed by atoms with Gasteiger partial charge in [-0.2, -0.15) is 8.78 Å². The van der Waals surface area contributed by atoms with Gasteiger partial charge in [0.25, 0.3) is 0 Å². The number of esters is 1. The molecular weight excluding hydrogens is 333 g/mol. The highest BCUT2D eigenvalue weighted by atomic mass is 19.3. The Morgan fingerprint density at radius 1 is 1.36 bits per heavy atom. The van der Waals surface area contributed by atoms with Gasteiger partial charge in [-0.15, -0.1) is 0 Å². The summed E-state index contributed by atoms with van der Waals surface area (Å²) < 4.78 is 47.1. The lowest BCUT2D eigenvalue weighted by Gasteiger charge is -2.34. The van der Waals surface area contributed by atoms with Gasteiger partial charge in [-0.3, -0.25) is 4.57 Å². The van der Waals surface area contributed by atoms with Crippen molar-refractivity contribution in [2.45, 2.75) is 45.1 Å². The molecule has 0 radical (unpaired) electrons. The maximum Gasteiger partial charge on any atom is 0.374 e. The van der Waals surface area contributed by atoms with Gasteiger partial charge in [0, 0.05) is 11.5 Å². The average molecular weight is 350 g/mol. The van der Waals surface area contributed by atoms with Gasteiger partial charge in [0.15, 0.2) is 0 Å². The quantitative estimate of drug-likeness (QED) is 0.763. The average Bonchev–Trinajstić information content (AvgIpc) is 2.80. The van der Waals surface area contributed by atoms with Gasteiger partial charge in [-0.1, -0.05) is 0 Å². The van der Waals surface area contributed by atoms with E-state index in [1.807, 2.05) is 0 Å². The Kier molecular flexibility index (Phi) is 3.63. The number of aryl methyl sites for hydroxylation is 1. The molecule has 0 amide bonds. The van der Waals surface area contributed by atoms with Gasteiger partial charge >= 0.3 is 12.5 Å². The second kappa shape index (κ2) is 5.61. The first-order valence-corrected chi connectivity index (χ1v) is 8.30. The topological polar surface area (TPSA) is 44.1 Å². The summed E-state index contributed by atoms with van der Waals surface area (Å²) in [6.45, 7) is 0.418. The van der Waals surface area contributed by atoms with Crippen molar-refractivity contribution < 1.29 is 22.7 Å². The number of aromatic nitrogens is 2. The van der Waals surface area contributed by atoms with Gasteiger partial charge in [-0.05, 0) is 55.9 Å². The summed E-state index contributed by atoms with van der Waals surface area (Å²) in [7, 11) is 0. The Morgan fingerprint density at radius 2 is 2.08 bits per heavy atom. The second-order valence-electron chi connectivity index (χ2n) is 6.59. The molecule has 3 aliphatic carbocycles. The van der Waals surface area contributed by atoms with Crippen LogP contribution in [0.1, 0.15) is 65.6 Å². The monoisotopic (exact) mass is 350 g/mol. The molecule has 5 rings (SSSR count). The van der Waals surface area contributed by atoms with E-state index in [9.17, 15) is 18.0 Å². The molecule has 1 fully saturated rings. The van der Waals surface area contributed by atoms with Crippen LogP contribution >= 0.6 is 0 Å². The van der Waals surface area contributed by atoms with E-state index < -0.39 is 12.5 Å². The molecule has 7 heteroatoms. The predicted octanol–water partition coefficient (Wildman–Crippen LogP) is 4.54. The van der Waals surface area contributed by atoms with Crippen molar-refractivity contribution in [2.75, 3.05) is 6.61 Å². The molecule has 0 N–H and O–H groups in total. The zero-order valence-corrected chi connectivity index (χ0v) is 13.9. The van der Waals surface area contributed by atoms with E-state index in [1.165, 1.54) is 6.07 Å². The number of imidazole rings is 1. The number of nitrogens with zero attached hydrogens (tertiary/aromatic N) is 2. The molecule has 0 unspecified atom stereocenters. The van der Waals surface area contributed by atoms with Crippen molar-refractivity contribution in [3.8, 4) is 11.3 Å². The largest absolute Gasteiger partial charge is 0.460 e. The molecule has 2 aromatic rings. The fourth-order valence-electron chi connectivity index (χ4n) is 3.91. The third-order valence-corrected chi connectivity index (χ3v) is 5.15. The van der Waals surface area contributed by atoms with E-state index in [2.05, 4.69) is 4.98 Å². The highest BCUT2D eigenvalue weighted by Gasteiger charge is 2.43. The first-order chi connectivity index (χ1) is 11.9. The van der Waals surface area contributed by atoms with E-state index >= 15 is 0 Å². The Labute approximate surface area is 142 Å². The van der Waals surface area contributed by atoms with Crippen molar-refractivity contribution in [3.05, 3.63) is 40.6 Å². The third-order valence-electron chi connectivity index (χ3n) is 5.15. The molecule has 0 spiro atoms. The smallest absolute Gasteiger partial charge is 0.374 e. The molecule has 1 aromatic heterocycles. The number of hydrogen-bond donors (Lipinski definition) is 0. The fourth-order valence-corrected chi connectivity index (χ4v) is 3.91. The zero-order chi connectivity index (χ0) is 17.9. The fraction of sp³-hybridized carbons (Fsp3) is 0.444. The van der Waals surface area contributed by atoms with Crippen molar-refractivity contribution >= 4 is 5.97 Å². The summed E-state index contributed by atoms with van der Waals surface area (Å²) in [5.74, 6) is -1.54. The highest BCUT2D eigenvalue weighted by molar-refractivity contribution is 5.88. The van der Waals surface area contributed by atoms with Gasteiger partial charge in [-0.25, -0.2) is 14.2 Å². The maximum absolute atomic E-state index is 14.0. The Balaban J connectivity index is 1.99. The van der Waals surface area contributed by atoms with Crippen LogP contribution in [0.15, 0.2) is 12.1 Å². The molecule has 4 nitrogen and oxygen atoms in total. The van der Waals surface area contributed by atoms with Crippen LogP contribution < -0.4 is 0 Å². The summed E-state index contributed by atoms with van der Waals surface area (Å²) in [6.07, 6.45) is 1.31. The molecule has 3 aliphatic rings. The number of benzene rings is 1. The minimum Gasteiger partial charge on any atom is -0.460 e. The summed E-state index contributed by atoms with van der Waals surface area (Å²) in [6, 6.07) is 3.12. The molecule has 2 bridgehead atoms. The van der Waals surface area contributed by atoms with E-state index in [0.717, 1.165) is 5.56 Å². The lowest BCUT2D eigenvalue weighted by molar-refractivity contribution is 0.0382. The Bertz CT molecular complexity index is 870. The van der Waals surface area contributed by atoms with E-state index in [0.29, 0.717) is 39.9 Å². The van der Waals surface area contributed by atoms with Crippen molar-refractivity contribution in [3.63, 3.8) is 0 Å². The molecule has 1 heterocycles. The van der Waals surface area contributed by atoms with Crippen LogP contribution in [0.4, 0.5) is 13.2 Å². The summed E-state index contributed by atoms with van der Waals surface area (Å²) in [5.41, 5.74) is 2.56. The summed E-state index contributed by atoms with van der Waals surface area (Å²) in [5, 5.41) is 0. The molecule has 132 valence electrons. The normalized spacial score (nSPS) is 20.6. The minimum atomic E-state index is -2.89. The second-order valence-corrected chi connectivity index (χ2v) is 6.59. The Hall–Kier alpha value is -2.31. The molecule has 25 heavy (non-hydrogen) atoms. The van der Waals surface area contributed by atoms with E-state index in [1.54, 1.807) is 19.9 Å². The first kappa shape index (κ1) is 16.2. The number of ether oxygens (including phenoxy) is 1. The van der Waals surface area contributed by atoms with Crippen LogP contribution in [0.25, 0.3) is 11.3 Å². The number of carbonyl (C=O) groups is 1. The molecule has 0 atom stereocenters. The van der Waals surface area contributed by atoms with Crippen LogP contribution in [0.3, 0.4) is 0 Å². The third kappa shape index (κ3) is 2.28. The SMILES string of the molecule is CCOC(=O)c1nc2c(n1C(F)F)C1CC(C1)c1cc(F)c(C)cc1-2. The number of rotatable bonds is 3. The van der Waals surface area contributed by atoms with Gasteiger partial charge in [0.1, 0.15) is 5.82 Å². The maximum atomic E-state index is 14.0. The molecular formula is C18H17F3N2O2. The molecule has 1 saturated carbocycles. The molecule has 0 saturated heterocycles. The number of alkyl halides is 2. The molecule has 1 aromatic carbocycles. The zero-order valence-electron chi connectivity index (χ0n) is 13.9. The van der Waals surface area contributed by atoms with Crippen LogP contribution in [0.2, 0.25) is 0 Å². The number of halogens is 3. The number of carbonyl (C=O) groups excluding carboxylic acids is 1.